The smallest absolute Gasteiger partial charge is 0.243 e. The van der Waals surface area contributed by atoms with Crippen LogP contribution in [0.2, 0.25) is 0 Å². The standard InChI is InChI=1S/C28H35N3O5S2/c1-20-6-4-5-7-25(20)31-26(24-18-22(34-2)10-13-27(24)35-3)19-37-28(31)29-21-8-11-23(12-9-21)38(32,33)30-14-16-36-17-15-30/h8-13,18-20,25H,4-7,14-17H2,1-3H3. The van der Waals surface area contributed by atoms with Crippen LogP contribution in [0.1, 0.15) is 38.6 Å². The molecule has 0 N–H and O–H groups in total. The Hall–Kier alpha value is -2.66. The summed E-state index contributed by atoms with van der Waals surface area (Å²) in [6.45, 7) is 3.91. The number of morpholine rings is 1. The van der Waals surface area contributed by atoms with E-state index in [-0.39, 0.29) is 4.90 Å². The van der Waals surface area contributed by atoms with Crippen molar-refractivity contribution < 1.29 is 22.6 Å². The molecule has 204 valence electrons. The van der Waals surface area contributed by atoms with E-state index < -0.39 is 10.0 Å². The molecule has 2 unspecified atom stereocenters. The molecule has 0 bridgehead atoms. The lowest BCUT2D eigenvalue weighted by Crippen LogP contribution is -2.40. The Kier molecular flexibility index (Phi) is 8.23. The highest BCUT2D eigenvalue weighted by Gasteiger charge is 2.28. The molecular weight excluding hydrogens is 522 g/mol. The quantitative estimate of drug-likeness (QED) is 0.397. The van der Waals surface area contributed by atoms with Gasteiger partial charge in [0.25, 0.3) is 0 Å². The first kappa shape index (κ1) is 26.9. The summed E-state index contributed by atoms with van der Waals surface area (Å²) in [6.07, 6.45) is 4.68. The third-order valence-corrected chi connectivity index (χ3v) is 10.2. The third kappa shape index (κ3) is 5.40. The van der Waals surface area contributed by atoms with Gasteiger partial charge in [-0.3, -0.25) is 0 Å². The van der Waals surface area contributed by atoms with Gasteiger partial charge in [-0.1, -0.05) is 19.8 Å². The summed E-state index contributed by atoms with van der Waals surface area (Å²) in [6, 6.07) is 13.0. The summed E-state index contributed by atoms with van der Waals surface area (Å²) in [4.78, 5) is 6.17. The molecule has 1 aliphatic carbocycles. The Morgan fingerprint density at radius 3 is 2.42 bits per heavy atom. The molecule has 3 aromatic rings. The first-order valence-corrected chi connectivity index (χ1v) is 15.4. The van der Waals surface area contributed by atoms with Gasteiger partial charge >= 0.3 is 0 Å². The maximum absolute atomic E-state index is 13.0. The van der Waals surface area contributed by atoms with E-state index in [1.54, 1.807) is 49.8 Å². The normalized spacial score (nSPS) is 21.4. The Balaban J connectivity index is 1.57. The fourth-order valence-electron chi connectivity index (χ4n) is 5.35. The number of hydrogen-bond donors (Lipinski definition) is 0. The number of hydrogen-bond acceptors (Lipinski definition) is 7. The van der Waals surface area contributed by atoms with Crippen LogP contribution >= 0.6 is 11.3 Å². The van der Waals surface area contributed by atoms with Crippen LogP contribution < -0.4 is 14.3 Å². The summed E-state index contributed by atoms with van der Waals surface area (Å²) < 4.78 is 46.5. The Morgan fingerprint density at radius 2 is 1.74 bits per heavy atom. The predicted octanol–water partition coefficient (Wildman–Crippen LogP) is 5.24. The van der Waals surface area contributed by atoms with E-state index in [9.17, 15) is 8.42 Å². The minimum Gasteiger partial charge on any atom is -0.497 e. The van der Waals surface area contributed by atoms with Crippen LogP contribution in [0.5, 0.6) is 11.5 Å². The van der Waals surface area contributed by atoms with Crippen LogP contribution in [0, 0.1) is 5.92 Å². The minimum atomic E-state index is -3.55. The van der Waals surface area contributed by atoms with E-state index in [0.29, 0.717) is 44.0 Å². The van der Waals surface area contributed by atoms with Crippen molar-refractivity contribution in [1.82, 2.24) is 8.87 Å². The van der Waals surface area contributed by atoms with Gasteiger partial charge in [0.05, 0.1) is 43.7 Å². The average Bonchev–Trinajstić information content (AvgIpc) is 3.36. The largest absolute Gasteiger partial charge is 0.497 e. The number of rotatable bonds is 7. The number of methoxy groups -OCH3 is 2. The second-order valence-electron chi connectivity index (χ2n) is 9.79. The van der Waals surface area contributed by atoms with Crippen molar-refractivity contribution in [3.05, 3.63) is 52.6 Å². The van der Waals surface area contributed by atoms with Gasteiger partial charge in [-0.05, 0) is 61.2 Å². The molecule has 1 saturated carbocycles. The fourth-order valence-corrected chi connectivity index (χ4v) is 7.72. The summed E-state index contributed by atoms with van der Waals surface area (Å²) in [7, 11) is -0.197. The van der Waals surface area contributed by atoms with Gasteiger partial charge in [0.1, 0.15) is 11.5 Å². The van der Waals surface area contributed by atoms with Gasteiger partial charge in [0, 0.05) is 30.1 Å². The Bertz CT molecular complexity index is 1420. The Labute approximate surface area is 228 Å². The molecule has 1 aromatic heterocycles. The molecule has 0 spiro atoms. The summed E-state index contributed by atoms with van der Waals surface area (Å²) in [5.41, 5.74) is 2.73. The molecule has 38 heavy (non-hydrogen) atoms. The van der Waals surface area contributed by atoms with Gasteiger partial charge in [-0.15, -0.1) is 11.3 Å². The van der Waals surface area contributed by atoms with Crippen LogP contribution in [-0.2, 0) is 14.8 Å². The second kappa shape index (κ2) is 11.6. The molecule has 0 radical (unpaired) electrons. The van der Waals surface area contributed by atoms with E-state index in [1.165, 1.54) is 23.6 Å². The molecule has 2 aliphatic rings. The lowest BCUT2D eigenvalue weighted by atomic mass is 9.85. The van der Waals surface area contributed by atoms with E-state index >= 15 is 0 Å². The van der Waals surface area contributed by atoms with Crippen LogP contribution in [0.4, 0.5) is 5.69 Å². The predicted molar refractivity (Wildman–Crippen MR) is 149 cm³/mol. The summed E-state index contributed by atoms with van der Waals surface area (Å²) in [5.74, 6) is 2.06. The van der Waals surface area contributed by atoms with Crippen molar-refractivity contribution in [2.45, 2.75) is 43.5 Å². The number of benzene rings is 2. The first-order valence-electron chi connectivity index (χ1n) is 13.1. The van der Waals surface area contributed by atoms with E-state index in [4.69, 9.17) is 19.2 Å². The van der Waals surface area contributed by atoms with Crippen molar-refractivity contribution in [2.24, 2.45) is 10.9 Å². The van der Waals surface area contributed by atoms with Gasteiger partial charge in [-0.25, -0.2) is 13.4 Å². The molecule has 0 amide bonds. The zero-order valence-corrected chi connectivity index (χ0v) is 23.8. The van der Waals surface area contributed by atoms with Crippen molar-refractivity contribution in [3.8, 4) is 22.8 Å². The highest BCUT2D eigenvalue weighted by Crippen LogP contribution is 2.40. The van der Waals surface area contributed by atoms with Crippen LogP contribution in [0.25, 0.3) is 11.3 Å². The molecule has 2 heterocycles. The highest BCUT2D eigenvalue weighted by atomic mass is 32.2. The van der Waals surface area contributed by atoms with Gasteiger partial charge < -0.3 is 18.8 Å². The van der Waals surface area contributed by atoms with Crippen LogP contribution in [-0.4, -0.2) is 57.8 Å². The van der Waals surface area contributed by atoms with Gasteiger partial charge in [0.2, 0.25) is 10.0 Å². The first-order chi connectivity index (χ1) is 18.4. The summed E-state index contributed by atoms with van der Waals surface area (Å²) >= 11 is 1.59. The molecule has 1 aliphatic heterocycles. The van der Waals surface area contributed by atoms with E-state index in [0.717, 1.165) is 34.0 Å². The SMILES string of the molecule is COc1ccc(OC)c(-c2csc(=Nc3ccc(S(=O)(=O)N4CCOCC4)cc3)n2C2CCCCC2C)c1. The molecule has 2 fully saturated rings. The number of aromatic nitrogens is 1. The lowest BCUT2D eigenvalue weighted by Gasteiger charge is -2.31. The van der Waals surface area contributed by atoms with Gasteiger partial charge in [0.15, 0.2) is 4.80 Å². The van der Waals surface area contributed by atoms with E-state index in [1.807, 2.05) is 18.2 Å². The fraction of sp³-hybridized carbons (Fsp3) is 0.464. The zero-order valence-electron chi connectivity index (χ0n) is 22.1. The van der Waals surface area contributed by atoms with Crippen LogP contribution in [0.15, 0.2) is 57.7 Å². The topological polar surface area (TPSA) is 82.4 Å². The van der Waals surface area contributed by atoms with Gasteiger partial charge in [-0.2, -0.15) is 4.31 Å². The minimum absolute atomic E-state index is 0.278. The molecular formula is C28H35N3O5S2. The maximum Gasteiger partial charge on any atom is 0.243 e. The number of thiazole rings is 1. The van der Waals surface area contributed by atoms with Crippen LogP contribution in [0.3, 0.4) is 0 Å². The second-order valence-corrected chi connectivity index (χ2v) is 12.6. The maximum atomic E-state index is 13.0. The molecule has 5 rings (SSSR count). The van der Waals surface area contributed by atoms with Crippen molar-refractivity contribution in [3.63, 3.8) is 0 Å². The Morgan fingerprint density at radius 1 is 1.00 bits per heavy atom. The van der Waals surface area contributed by atoms with Crippen molar-refractivity contribution >= 4 is 27.0 Å². The van der Waals surface area contributed by atoms with Crippen molar-refractivity contribution in [2.75, 3.05) is 40.5 Å². The monoisotopic (exact) mass is 557 g/mol. The summed E-state index contributed by atoms with van der Waals surface area (Å²) in [5, 5.41) is 2.13. The number of ether oxygens (including phenoxy) is 3. The number of nitrogens with zero attached hydrogens (tertiary/aromatic N) is 3. The molecule has 8 nitrogen and oxygen atoms in total. The number of sulfonamides is 1. The highest BCUT2D eigenvalue weighted by molar-refractivity contribution is 7.89. The molecule has 2 atom stereocenters. The molecule has 10 heteroatoms. The zero-order chi connectivity index (χ0) is 26.7. The molecule has 1 saturated heterocycles. The average molecular weight is 558 g/mol. The lowest BCUT2D eigenvalue weighted by molar-refractivity contribution is 0.0730. The molecule has 2 aromatic carbocycles. The van der Waals surface area contributed by atoms with Crippen molar-refractivity contribution in [1.29, 1.82) is 0 Å². The van der Waals surface area contributed by atoms with E-state index in [2.05, 4.69) is 16.9 Å². The third-order valence-electron chi connectivity index (χ3n) is 7.49.